The Morgan fingerprint density at radius 2 is 2.35 bits per heavy atom. The third-order valence-electron chi connectivity index (χ3n) is 3.38. The second-order valence-electron chi connectivity index (χ2n) is 4.88. The molecular weight excluding hydrogens is 238 g/mol. The summed E-state index contributed by atoms with van der Waals surface area (Å²) in [7, 11) is 1.92. The van der Waals surface area contributed by atoms with Gasteiger partial charge in [-0.2, -0.15) is 5.10 Å². The van der Waals surface area contributed by atoms with E-state index in [4.69, 9.17) is 22.1 Å². The Balaban J connectivity index is 2.20. The van der Waals surface area contributed by atoms with E-state index in [1.165, 1.54) is 0 Å². The highest BCUT2D eigenvalue weighted by Crippen LogP contribution is 2.27. The molecule has 1 aliphatic heterocycles. The van der Waals surface area contributed by atoms with Crippen LogP contribution in [-0.2, 0) is 24.6 Å². The molecule has 1 unspecified atom stereocenters. The maximum absolute atomic E-state index is 6.35. The first-order valence-electron chi connectivity index (χ1n) is 6.12. The summed E-state index contributed by atoms with van der Waals surface area (Å²) < 4.78 is 7.32. The minimum absolute atomic E-state index is 0.291. The van der Waals surface area contributed by atoms with E-state index in [9.17, 15) is 0 Å². The van der Waals surface area contributed by atoms with Gasteiger partial charge in [-0.1, -0.05) is 18.5 Å². The normalized spacial score (nSPS) is 25.2. The summed E-state index contributed by atoms with van der Waals surface area (Å²) in [5.41, 5.74) is 8.04. The quantitative estimate of drug-likeness (QED) is 0.897. The fraction of sp³-hybridized carbons (Fsp3) is 0.750. The number of halogens is 1. The molecule has 17 heavy (non-hydrogen) atoms. The summed E-state index contributed by atoms with van der Waals surface area (Å²) in [5.74, 6) is 0. The van der Waals surface area contributed by atoms with Crippen molar-refractivity contribution in [2.75, 3.05) is 13.2 Å². The van der Waals surface area contributed by atoms with E-state index in [0.29, 0.717) is 6.61 Å². The smallest absolute Gasteiger partial charge is 0.0850 e. The number of ether oxygens (including phenoxy) is 1. The Labute approximate surface area is 107 Å². The first-order chi connectivity index (χ1) is 8.06. The second-order valence-corrected chi connectivity index (χ2v) is 5.26. The molecule has 2 N–H and O–H groups in total. The number of rotatable bonds is 3. The van der Waals surface area contributed by atoms with Gasteiger partial charge in [0, 0.05) is 25.6 Å². The van der Waals surface area contributed by atoms with Gasteiger partial charge < -0.3 is 10.5 Å². The van der Waals surface area contributed by atoms with Gasteiger partial charge in [-0.3, -0.25) is 4.68 Å². The lowest BCUT2D eigenvalue weighted by molar-refractivity contribution is 0.0375. The van der Waals surface area contributed by atoms with E-state index in [-0.39, 0.29) is 5.54 Å². The molecular formula is C12H20ClN3O. The monoisotopic (exact) mass is 257 g/mol. The molecule has 1 aromatic rings. The summed E-state index contributed by atoms with van der Waals surface area (Å²) in [6.45, 7) is 3.48. The average molecular weight is 258 g/mol. The van der Waals surface area contributed by atoms with Crippen molar-refractivity contribution < 1.29 is 4.74 Å². The lowest BCUT2D eigenvalue weighted by atomic mass is 9.88. The minimum Gasteiger partial charge on any atom is -0.380 e. The molecule has 2 heterocycles. The van der Waals surface area contributed by atoms with Crippen LogP contribution < -0.4 is 5.73 Å². The highest BCUT2D eigenvalue weighted by atomic mass is 35.5. The third-order valence-corrected chi connectivity index (χ3v) is 3.81. The van der Waals surface area contributed by atoms with Gasteiger partial charge in [0.1, 0.15) is 0 Å². The van der Waals surface area contributed by atoms with E-state index in [2.05, 4.69) is 12.0 Å². The molecule has 0 aliphatic carbocycles. The van der Waals surface area contributed by atoms with E-state index < -0.39 is 0 Å². The maximum atomic E-state index is 6.35. The largest absolute Gasteiger partial charge is 0.380 e. The molecule has 1 atom stereocenters. The zero-order valence-corrected chi connectivity index (χ0v) is 11.3. The van der Waals surface area contributed by atoms with Gasteiger partial charge in [0.25, 0.3) is 0 Å². The Morgan fingerprint density at radius 3 is 2.88 bits per heavy atom. The van der Waals surface area contributed by atoms with Gasteiger partial charge in [0.2, 0.25) is 0 Å². The minimum atomic E-state index is -0.291. The predicted molar refractivity (Wildman–Crippen MR) is 68.3 cm³/mol. The van der Waals surface area contributed by atoms with Crippen LogP contribution in [0.5, 0.6) is 0 Å². The van der Waals surface area contributed by atoms with Crippen LogP contribution in [0.1, 0.15) is 31.2 Å². The highest BCUT2D eigenvalue weighted by molar-refractivity contribution is 6.31. The molecule has 1 aromatic heterocycles. The summed E-state index contributed by atoms with van der Waals surface area (Å²) >= 11 is 6.33. The fourth-order valence-electron chi connectivity index (χ4n) is 2.36. The fourth-order valence-corrected chi connectivity index (χ4v) is 2.72. The maximum Gasteiger partial charge on any atom is 0.0850 e. The molecule has 0 spiro atoms. The molecule has 2 rings (SSSR count). The lowest BCUT2D eigenvalue weighted by Crippen LogP contribution is -2.49. The van der Waals surface area contributed by atoms with Crippen LogP contribution in [0, 0.1) is 0 Å². The highest BCUT2D eigenvalue weighted by Gasteiger charge is 2.31. The third kappa shape index (κ3) is 2.64. The van der Waals surface area contributed by atoms with Gasteiger partial charge >= 0.3 is 0 Å². The lowest BCUT2D eigenvalue weighted by Gasteiger charge is -2.33. The number of aryl methyl sites for hydroxylation is 2. The van der Waals surface area contributed by atoms with Crippen molar-refractivity contribution in [1.82, 2.24) is 9.78 Å². The van der Waals surface area contributed by atoms with Crippen LogP contribution in [0.15, 0.2) is 0 Å². The molecule has 1 saturated heterocycles. The number of nitrogens with two attached hydrogens (primary N) is 1. The van der Waals surface area contributed by atoms with Gasteiger partial charge in [0.15, 0.2) is 0 Å². The van der Waals surface area contributed by atoms with Crippen molar-refractivity contribution in [3.8, 4) is 0 Å². The Bertz CT molecular complexity index is 397. The average Bonchev–Trinajstić information content (AvgIpc) is 2.57. The van der Waals surface area contributed by atoms with Crippen molar-refractivity contribution in [3.63, 3.8) is 0 Å². The van der Waals surface area contributed by atoms with Crippen LogP contribution >= 0.6 is 11.6 Å². The number of aromatic nitrogens is 2. The van der Waals surface area contributed by atoms with E-state index >= 15 is 0 Å². The van der Waals surface area contributed by atoms with Crippen LogP contribution in [-0.4, -0.2) is 28.5 Å². The Kier molecular flexibility index (Phi) is 3.76. The molecule has 1 aliphatic rings. The zero-order chi connectivity index (χ0) is 12.5. The zero-order valence-electron chi connectivity index (χ0n) is 10.5. The Hall–Kier alpha value is -0.580. The van der Waals surface area contributed by atoms with Gasteiger partial charge in [0.05, 0.1) is 23.0 Å². The molecule has 96 valence electrons. The number of nitrogens with zero attached hydrogens (tertiary/aromatic N) is 2. The van der Waals surface area contributed by atoms with Crippen molar-refractivity contribution in [1.29, 1.82) is 0 Å². The first kappa shape index (κ1) is 12.9. The van der Waals surface area contributed by atoms with Crippen LogP contribution in [0.25, 0.3) is 0 Å². The summed E-state index contributed by atoms with van der Waals surface area (Å²) in [6, 6.07) is 0. The molecule has 1 fully saturated rings. The summed E-state index contributed by atoms with van der Waals surface area (Å²) in [4.78, 5) is 0. The number of hydrogen-bond acceptors (Lipinski definition) is 3. The van der Waals surface area contributed by atoms with Crippen molar-refractivity contribution in [3.05, 3.63) is 16.4 Å². The topological polar surface area (TPSA) is 53.1 Å². The predicted octanol–water partition coefficient (Wildman–Crippen LogP) is 1.69. The molecule has 0 bridgehead atoms. The molecule has 0 saturated carbocycles. The van der Waals surface area contributed by atoms with E-state index in [1.807, 2.05) is 11.7 Å². The van der Waals surface area contributed by atoms with Gasteiger partial charge in [-0.25, -0.2) is 0 Å². The molecule has 4 nitrogen and oxygen atoms in total. The summed E-state index contributed by atoms with van der Waals surface area (Å²) in [6.07, 6.45) is 3.58. The molecule has 0 radical (unpaired) electrons. The van der Waals surface area contributed by atoms with Crippen molar-refractivity contribution in [2.24, 2.45) is 12.8 Å². The van der Waals surface area contributed by atoms with E-state index in [0.717, 1.165) is 48.7 Å². The first-order valence-corrected chi connectivity index (χ1v) is 6.50. The standard InChI is InChI=1S/C12H20ClN3O/c1-3-9-11(13)10(16(2)15-9)7-12(14)5-4-6-17-8-12/h3-8,14H2,1-2H3. The van der Waals surface area contributed by atoms with Crippen LogP contribution in [0.4, 0.5) is 0 Å². The number of hydrogen-bond donors (Lipinski definition) is 1. The van der Waals surface area contributed by atoms with Crippen molar-refractivity contribution in [2.45, 2.75) is 38.1 Å². The summed E-state index contributed by atoms with van der Waals surface area (Å²) in [5, 5.41) is 5.18. The molecule has 5 heteroatoms. The molecule has 0 aromatic carbocycles. The van der Waals surface area contributed by atoms with Crippen LogP contribution in [0.3, 0.4) is 0 Å². The van der Waals surface area contributed by atoms with Gasteiger partial charge in [-0.05, 0) is 19.3 Å². The Morgan fingerprint density at radius 1 is 1.59 bits per heavy atom. The van der Waals surface area contributed by atoms with Crippen molar-refractivity contribution >= 4 is 11.6 Å². The van der Waals surface area contributed by atoms with Gasteiger partial charge in [-0.15, -0.1) is 0 Å². The van der Waals surface area contributed by atoms with Crippen LogP contribution in [0.2, 0.25) is 5.02 Å². The second kappa shape index (κ2) is 4.96. The van der Waals surface area contributed by atoms with E-state index in [1.54, 1.807) is 0 Å². The molecule has 0 amide bonds. The SMILES string of the molecule is CCc1nn(C)c(CC2(N)CCCOC2)c1Cl.